The fourth-order valence-corrected chi connectivity index (χ4v) is 3.21. The molecular formula is C17H18ClN5O2. The SMILES string of the molecule is Cc1cccc2c(-c3nc(N[C@@H]4CCOC[C@H]4O)ncc3Cl)cnn12. The third-order valence-electron chi connectivity index (χ3n) is 4.37. The molecule has 130 valence electrons. The lowest BCUT2D eigenvalue weighted by molar-refractivity contribution is -0.0136. The summed E-state index contributed by atoms with van der Waals surface area (Å²) in [5.41, 5.74) is 3.41. The van der Waals surface area contributed by atoms with Crippen molar-refractivity contribution in [1.82, 2.24) is 19.6 Å². The van der Waals surface area contributed by atoms with Crippen molar-refractivity contribution in [2.24, 2.45) is 0 Å². The summed E-state index contributed by atoms with van der Waals surface area (Å²) in [7, 11) is 0. The zero-order chi connectivity index (χ0) is 17.4. The highest BCUT2D eigenvalue weighted by atomic mass is 35.5. The summed E-state index contributed by atoms with van der Waals surface area (Å²) in [6, 6.07) is 5.80. The molecule has 4 rings (SSSR count). The van der Waals surface area contributed by atoms with Crippen molar-refractivity contribution < 1.29 is 9.84 Å². The normalized spacial score (nSPS) is 20.8. The van der Waals surface area contributed by atoms with Gasteiger partial charge in [-0.2, -0.15) is 5.10 Å². The number of aryl methyl sites for hydroxylation is 1. The molecule has 3 aromatic rings. The van der Waals surface area contributed by atoms with Gasteiger partial charge >= 0.3 is 0 Å². The number of fused-ring (bicyclic) bond motifs is 1. The quantitative estimate of drug-likeness (QED) is 0.746. The van der Waals surface area contributed by atoms with Gasteiger partial charge in [0.05, 0.1) is 47.4 Å². The van der Waals surface area contributed by atoms with E-state index in [1.54, 1.807) is 12.4 Å². The van der Waals surface area contributed by atoms with Crippen LogP contribution in [0, 0.1) is 6.92 Å². The first kappa shape index (κ1) is 16.3. The Morgan fingerprint density at radius 1 is 1.36 bits per heavy atom. The summed E-state index contributed by atoms with van der Waals surface area (Å²) in [4.78, 5) is 8.81. The number of hydrogen-bond donors (Lipinski definition) is 2. The summed E-state index contributed by atoms with van der Waals surface area (Å²) in [5, 5.41) is 18.1. The molecule has 0 aliphatic carbocycles. The molecule has 0 bridgehead atoms. The maximum absolute atomic E-state index is 10.0. The standard InChI is InChI=1S/C17H18ClN5O2/c1-10-3-2-4-14-11(7-20-23(10)14)16-12(18)8-19-17(22-16)21-13-5-6-25-9-15(13)24/h2-4,7-8,13,15,24H,5-6,9H2,1H3,(H,19,21,22)/t13-,15-/m1/s1. The third-order valence-corrected chi connectivity index (χ3v) is 4.65. The molecule has 3 aromatic heterocycles. The fraction of sp³-hybridized carbons (Fsp3) is 0.353. The molecule has 0 unspecified atom stereocenters. The Balaban J connectivity index is 1.71. The van der Waals surface area contributed by atoms with Crippen LogP contribution in [0.2, 0.25) is 5.02 Å². The van der Waals surface area contributed by atoms with Crippen LogP contribution in [-0.4, -0.2) is 50.0 Å². The molecule has 25 heavy (non-hydrogen) atoms. The van der Waals surface area contributed by atoms with Gasteiger partial charge in [-0.1, -0.05) is 17.7 Å². The molecule has 2 N–H and O–H groups in total. The molecule has 0 aromatic carbocycles. The molecular weight excluding hydrogens is 342 g/mol. The summed E-state index contributed by atoms with van der Waals surface area (Å²) < 4.78 is 7.10. The third kappa shape index (κ3) is 3.06. The largest absolute Gasteiger partial charge is 0.389 e. The summed E-state index contributed by atoms with van der Waals surface area (Å²) >= 11 is 6.34. The number of anilines is 1. The molecule has 1 fully saturated rings. The number of hydrogen-bond acceptors (Lipinski definition) is 6. The number of aromatic nitrogens is 4. The van der Waals surface area contributed by atoms with Crippen molar-refractivity contribution in [2.45, 2.75) is 25.5 Å². The van der Waals surface area contributed by atoms with E-state index in [2.05, 4.69) is 20.4 Å². The minimum atomic E-state index is -0.587. The molecule has 1 aliphatic heterocycles. The van der Waals surface area contributed by atoms with Crippen LogP contribution in [-0.2, 0) is 4.74 Å². The topological polar surface area (TPSA) is 84.6 Å². The number of nitrogens with one attached hydrogen (secondary N) is 1. The van der Waals surface area contributed by atoms with E-state index in [4.69, 9.17) is 16.3 Å². The Morgan fingerprint density at radius 2 is 2.24 bits per heavy atom. The van der Waals surface area contributed by atoms with Crippen LogP contribution in [0.15, 0.2) is 30.6 Å². The molecule has 7 nitrogen and oxygen atoms in total. The predicted octanol–water partition coefficient (Wildman–Crippen LogP) is 2.31. The Morgan fingerprint density at radius 3 is 3.08 bits per heavy atom. The van der Waals surface area contributed by atoms with E-state index in [1.165, 1.54) is 0 Å². The lowest BCUT2D eigenvalue weighted by Crippen LogP contribution is -2.42. The maximum atomic E-state index is 10.0. The number of nitrogens with zero attached hydrogens (tertiary/aromatic N) is 4. The lowest BCUT2D eigenvalue weighted by atomic mass is 10.1. The highest BCUT2D eigenvalue weighted by Gasteiger charge is 2.24. The second kappa shape index (κ2) is 6.59. The minimum Gasteiger partial charge on any atom is -0.389 e. The molecule has 4 heterocycles. The van der Waals surface area contributed by atoms with Gasteiger partial charge < -0.3 is 15.2 Å². The highest BCUT2D eigenvalue weighted by molar-refractivity contribution is 6.33. The number of aliphatic hydroxyl groups excluding tert-OH is 1. The fourth-order valence-electron chi connectivity index (χ4n) is 3.01. The highest BCUT2D eigenvalue weighted by Crippen LogP contribution is 2.30. The van der Waals surface area contributed by atoms with Crippen LogP contribution in [0.5, 0.6) is 0 Å². The van der Waals surface area contributed by atoms with Gasteiger partial charge in [0.1, 0.15) is 0 Å². The average molecular weight is 360 g/mol. The average Bonchev–Trinajstić information content (AvgIpc) is 3.04. The van der Waals surface area contributed by atoms with Gasteiger partial charge in [0.2, 0.25) is 5.95 Å². The van der Waals surface area contributed by atoms with Gasteiger partial charge in [-0.05, 0) is 25.5 Å². The predicted molar refractivity (Wildman–Crippen MR) is 94.8 cm³/mol. The first-order valence-corrected chi connectivity index (χ1v) is 8.50. The Kier molecular flexibility index (Phi) is 4.29. The smallest absolute Gasteiger partial charge is 0.223 e. The molecule has 0 radical (unpaired) electrons. The molecule has 1 saturated heterocycles. The van der Waals surface area contributed by atoms with E-state index in [-0.39, 0.29) is 6.04 Å². The monoisotopic (exact) mass is 359 g/mol. The molecule has 8 heteroatoms. The summed E-state index contributed by atoms with van der Waals surface area (Å²) in [5.74, 6) is 0.428. The van der Waals surface area contributed by atoms with E-state index >= 15 is 0 Å². The van der Waals surface area contributed by atoms with Crippen LogP contribution in [0.1, 0.15) is 12.1 Å². The van der Waals surface area contributed by atoms with Crippen molar-refractivity contribution in [3.63, 3.8) is 0 Å². The van der Waals surface area contributed by atoms with Crippen LogP contribution < -0.4 is 5.32 Å². The number of halogens is 1. The zero-order valence-electron chi connectivity index (χ0n) is 13.7. The molecule has 0 saturated carbocycles. The van der Waals surface area contributed by atoms with E-state index < -0.39 is 6.10 Å². The lowest BCUT2D eigenvalue weighted by Gasteiger charge is -2.28. The van der Waals surface area contributed by atoms with Gasteiger partial charge in [0, 0.05) is 17.9 Å². The maximum Gasteiger partial charge on any atom is 0.223 e. The Hall–Kier alpha value is -2.22. The van der Waals surface area contributed by atoms with Gasteiger partial charge in [0.25, 0.3) is 0 Å². The van der Waals surface area contributed by atoms with Crippen molar-refractivity contribution in [2.75, 3.05) is 18.5 Å². The summed E-state index contributed by atoms with van der Waals surface area (Å²) in [6.45, 7) is 2.90. The number of rotatable bonds is 3. The van der Waals surface area contributed by atoms with E-state index in [0.717, 1.165) is 16.8 Å². The van der Waals surface area contributed by atoms with Crippen LogP contribution in [0.25, 0.3) is 16.8 Å². The minimum absolute atomic E-state index is 0.145. The van der Waals surface area contributed by atoms with E-state index in [0.29, 0.717) is 36.3 Å². The summed E-state index contributed by atoms with van der Waals surface area (Å²) in [6.07, 6.45) is 3.43. The first-order chi connectivity index (χ1) is 12.1. The van der Waals surface area contributed by atoms with Crippen LogP contribution in [0.3, 0.4) is 0 Å². The molecule has 1 aliphatic rings. The second-order valence-corrected chi connectivity index (χ2v) is 6.50. The molecule has 0 amide bonds. The second-order valence-electron chi connectivity index (χ2n) is 6.09. The first-order valence-electron chi connectivity index (χ1n) is 8.12. The van der Waals surface area contributed by atoms with Gasteiger partial charge in [-0.15, -0.1) is 0 Å². The van der Waals surface area contributed by atoms with Gasteiger partial charge in [-0.3, -0.25) is 0 Å². The molecule has 2 atom stereocenters. The van der Waals surface area contributed by atoms with Crippen molar-refractivity contribution in [3.05, 3.63) is 41.3 Å². The van der Waals surface area contributed by atoms with Crippen LogP contribution >= 0.6 is 11.6 Å². The van der Waals surface area contributed by atoms with Crippen molar-refractivity contribution in [3.8, 4) is 11.3 Å². The van der Waals surface area contributed by atoms with Crippen LogP contribution in [0.4, 0.5) is 5.95 Å². The number of ether oxygens (including phenoxy) is 1. The Bertz CT molecular complexity index is 913. The number of pyridine rings is 1. The Labute approximate surface area is 149 Å². The van der Waals surface area contributed by atoms with E-state index in [1.807, 2.05) is 29.6 Å². The van der Waals surface area contributed by atoms with Gasteiger partial charge in [0.15, 0.2) is 0 Å². The van der Waals surface area contributed by atoms with Crippen molar-refractivity contribution in [1.29, 1.82) is 0 Å². The van der Waals surface area contributed by atoms with Gasteiger partial charge in [-0.25, -0.2) is 14.5 Å². The zero-order valence-corrected chi connectivity index (χ0v) is 14.4. The van der Waals surface area contributed by atoms with E-state index in [9.17, 15) is 5.11 Å². The number of aliphatic hydroxyl groups is 1. The van der Waals surface area contributed by atoms with Crippen molar-refractivity contribution >= 4 is 23.1 Å². The molecule has 0 spiro atoms.